The molecule has 19 heavy (non-hydrogen) atoms. The summed E-state index contributed by atoms with van der Waals surface area (Å²) >= 11 is 0. The molecule has 1 aromatic rings. The number of rotatable bonds is 4. The van der Waals surface area contributed by atoms with Gasteiger partial charge in [-0.25, -0.2) is 0 Å². The number of nitrogens with zero attached hydrogens (tertiary/aromatic N) is 2. The van der Waals surface area contributed by atoms with Crippen molar-refractivity contribution in [2.75, 3.05) is 19.6 Å². The van der Waals surface area contributed by atoms with Crippen molar-refractivity contribution in [3.05, 3.63) is 23.0 Å². The Hall–Kier alpha value is -1.09. The smallest absolute Gasteiger partial charge is 0.178 e. The highest BCUT2D eigenvalue weighted by Crippen LogP contribution is 2.24. The minimum Gasteiger partial charge on any atom is -0.351 e. The van der Waals surface area contributed by atoms with Crippen LogP contribution in [0.25, 0.3) is 0 Å². The fourth-order valence-corrected chi connectivity index (χ4v) is 2.98. The maximum Gasteiger partial charge on any atom is 0.178 e. The molecule has 2 heterocycles. The third-order valence-corrected chi connectivity index (χ3v) is 4.69. The summed E-state index contributed by atoms with van der Waals surface area (Å²) in [5.74, 6) is 1.75. The van der Waals surface area contributed by atoms with Gasteiger partial charge in [0.1, 0.15) is 0 Å². The van der Waals surface area contributed by atoms with Gasteiger partial charge in [0.2, 0.25) is 0 Å². The summed E-state index contributed by atoms with van der Waals surface area (Å²) in [5, 5.41) is 0. The van der Waals surface area contributed by atoms with Crippen LogP contribution in [0.2, 0.25) is 0 Å². The molecule has 0 aliphatic carbocycles. The van der Waals surface area contributed by atoms with Crippen molar-refractivity contribution < 1.29 is 4.79 Å². The summed E-state index contributed by atoms with van der Waals surface area (Å²) in [5.41, 5.74) is 3.14. The number of carbonyl (C=O) groups is 1. The van der Waals surface area contributed by atoms with E-state index in [1.54, 1.807) is 0 Å². The summed E-state index contributed by atoms with van der Waals surface area (Å²) in [6, 6.07) is 2.02. The molecule has 106 valence electrons. The summed E-state index contributed by atoms with van der Waals surface area (Å²) in [7, 11) is 2.02. The molecule has 0 saturated carbocycles. The highest BCUT2D eigenvalue weighted by atomic mass is 16.1. The van der Waals surface area contributed by atoms with Crippen LogP contribution in [0.3, 0.4) is 0 Å². The van der Waals surface area contributed by atoms with E-state index in [0.29, 0.717) is 6.54 Å². The molecule has 0 N–H and O–H groups in total. The van der Waals surface area contributed by atoms with E-state index in [2.05, 4.69) is 30.2 Å². The Labute approximate surface area is 116 Å². The maximum atomic E-state index is 12.4. The average molecular weight is 262 g/mol. The zero-order valence-electron chi connectivity index (χ0n) is 12.9. The number of Topliss-reactive ketones (excluding diaryl/α,β-unsaturated/α-hetero) is 1. The Morgan fingerprint density at radius 2 is 2.11 bits per heavy atom. The molecular formula is C16H26N2O. The van der Waals surface area contributed by atoms with E-state index in [0.717, 1.165) is 41.9 Å². The predicted octanol–water partition coefficient (Wildman–Crippen LogP) is 2.80. The van der Waals surface area contributed by atoms with Crippen LogP contribution in [0.15, 0.2) is 6.07 Å². The van der Waals surface area contributed by atoms with E-state index in [-0.39, 0.29) is 5.78 Å². The van der Waals surface area contributed by atoms with Crippen LogP contribution >= 0.6 is 0 Å². The molecule has 0 bridgehead atoms. The van der Waals surface area contributed by atoms with Crippen molar-refractivity contribution in [1.82, 2.24) is 9.47 Å². The number of likely N-dealkylation sites (tertiary alicyclic amines) is 1. The standard InChI is InChI=1S/C16H26N2O/c1-11(2)14-6-7-18(9-14)10-16(19)15-8-12(3)17(5)13(15)4/h8,11,14H,6-7,9-10H2,1-5H3. The lowest BCUT2D eigenvalue weighted by Crippen LogP contribution is -2.28. The normalized spacial score (nSPS) is 20.4. The first-order valence-corrected chi connectivity index (χ1v) is 7.28. The minimum atomic E-state index is 0.269. The highest BCUT2D eigenvalue weighted by Gasteiger charge is 2.27. The maximum absolute atomic E-state index is 12.4. The SMILES string of the molecule is Cc1cc(C(=O)CN2CCC(C(C)C)C2)c(C)n1C. The average Bonchev–Trinajstić information content (AvgIpc) is 2.90. The molecule has 0 spiro atoms. The Kier molecular flexibility index (Phi) is 4.14. The van der Waals surface area contributed by atoms with Crippen LogP contribution in [0.5, 0.6) is 0 Å². The fraction of sp³-hybridized carbons (Fsp3) is 0.688. The molecule has 1 atom stereocenters. The van der Waals surface area contributed by atoms with Crippen molar-refractivity contribution >= 4 is 5.78 Å². The largest absolute Gasteiger partial charge is 0.351 e. The molecule has 1 aliphatic rings. The van der Waals surface area contributed by atoms with Gasteiger partial charge in [0.25, 0.3) is 0 Å². The van der Waals surface area contributed by atoms with Gasteiger partial charge in [-0.05, 0) is 44.7 Å². The number of hydrogen-bond donors (Lipinski definition) is 0. The molecule has 3 heteroatoms. The lowest BCUT2D eigenvalue weighted by molar-refractivity contribution is 0.0941. The van der Waals surface area contributed by atoms with E-state index in [9.17, 15) is 4.79 Å². The summed E-state index contributed by atoms with van der Waals surface area (Å²) in [4.78, 5) is 14.7. The second kappa shape index (κ2) is 5.49. The second-order valence-corrected chi connectivity index (χ2v) is 6.29. The first kappa shape index (κ1) is 14.3. The van der Waals surface area contributed by atoms with E-state index < -0.39 is 0 Å². The quantitative estimate of drug-likeness (QED) is 0.780. The third kappa shape index (κ3) is 2.92. The summed E-state index contributed by atoms with van der Waals surface area (Å²) in [6.45, 7) is 11.4. The zero-order chi connectivity index (χ0) is 14.2. The van der Waals surface area contributed by atoms with Crippen LogP contribution in [0, 0.1) is 25.7 Å². The van der Waals surface area contributed by atoms with Crippen molar-refractivity contribution in [3.8, 4) is 0 Å². The summed E-state index contributed by atoms with van der Waals surface area (Å²) in [6.07, 6.45) is 1.23. The van der Waals surface area contributed by atoms with Gasteiger partial charge in [0.05, 0.1) is 6.54 Å². The molecule has 0 amide bonds. The number of aryl methyl sites for hydroxylation is 1. The molecule has 1 saturated heterocycles. The second-order valence-electron chi connectivity index (χ2n) is 6.29. The lowest BCUT2D eigenvalue weighted by atomic mass is 9.95. The first-order chi connectivity index (χ1) is 8.90. The Bertz CT molecular complexity index is 473. The molecule has 1 aromatic heterocycles. The van der Waals surface area contributed by atoms with E-state index in [1.807, 2.05) is 20.0 Å². The molecule has 1 fully saturated rings. The van der Waals surface area contributed by atoms with Crippen molar-refractivity contribution in [2.24, 2.45) is 18.9 Å². The molecule has 0 radical (unpaired) electrons. The predicted molar refractivity (Wildman–Crippen MR) is 78.6 cm³/mol. The van der Waals surface area contributed by atoms with Gasteiger partial charge in [0.15, 0.2) is 5.78 Å². The molecule has 1 unspecified atom stereocenters. The van der Waals surface area contributed by atoms with Gasteiger partial charge in [0, 0.05) is 30.5 Å². The summed E-state index contributed by atoms with van der Waals surface area (Å²) < 4.78 is 2.09. The monoisotopic (exact) mass is 262 g/mol. The number of ketones is 1. The Morgan fingerprint density at radius 1 is 1.42 bits per heavy atom. The fourth-order valence-electron chi connectivity index (χ4n) is 2.98. The van der Waals surface area contributed by atoms with Gasteiger partial charge >= 0.3 is 0 Å². The molecule has 0 aromatic carbocycles. The van der Waals surface area contributed by atoms with Crippen molar-refractivity contribution in [1.29, 1.82) is 0 Å². The van der Waals surface area contributed by atoms with Crippen LogP contribution in [-0.4, -0.2) is 34.9 Å². The van der Waals surface area contributed by atoms with Gasteiger partial charge in [-0.1, -0.05) is 13.8 Å². The van der Waals surface area contributed by atoms with E-state index >= 15 is 0 Å². The van der Waals surface area contributed by atoms with Crippen LogP contribution < -0.4 is 0 Å². The topological polar surface area (TPSA) is 25.2 Å². The number of carbonyl (C=O) groups excluding carboxylic acids is 1. The van der Waals surface area contributed by atoms with Gasteiger partial charge in [-0.15, -0.1) is 0 Å². The lowest BCUT2D eigenvalue weighted by Gasteiger charge is -2.17. The third-order valence-electron chi connectivity index (χ3n) is 4.69. The van der Waals surface area contributed by atoms with Crippen LogP contribution in [0.4, 0.5) is 0 Å². The number of aromatic nitrogens is 1. The molecule has 2 rings (SSSR count). The molecule has 1 aliphatic heterocycles. The molecular weight excluding hydrogens is 236 g/mol. The first-order valence-electron chi connectivity index (χ1n) is 7.28. The minimum absolute atomic E-state index is 0.269. The molecule has 3 nitrogen and oxygen atoms in total. The highest BCUT2D eigenvalue weighted by molar-refractivity contribution is 5.99. The Morgan fingerprint density at radius 3 is 2.58 bits per heavy atom. The van der Waals surface area contributed by atoms with Crippen molar-refractivity contribution in [3.63, 3.8) is 0 Å². The number of hydrogen-bond acceptors (Lipinski definition) is 2. The Balaban J connectivity index is 2.00. The van der Waals surface area contributed by atoms with Crippen LogP contribution in [0.1, 0.15) is 42.0 Å². The van der Waals surface area contributed by atoms with E-state index in [4.69, 9.17) is 0 Å². The van der Waals surface area contributed by atoms with E-state index in [1.165, 1.54) is 6.42 Å². The van der Waals surface area contributed by atoms with Gasteiger partial charge in [-0.2, -0.15) is 0 Å². The van der Waals surface area contributed by atoms with Gasteiger partial charge in [-0.3, -0.25) is 9.69 Å². The zero-order valence-corrected chi connectivity index (χ0v) is 12.9. The van der Waals surface area contributed by atoms with Crippen molar-refractivity contribution in [2.45, 2.75) is 34.1 Å². The van der Waals surface area contributed by atoms with Crippen LogP contribution in [-0.2, 0) is 7.05 Å². The van der Waals surface area contributed by atoms with Gasteiger partial charge < -0.3 is 4.57 Å².